The van der Waals surface area contributed by atoms with Gasteiger partial charge in [0.2, 0.25) is 11.9 Å². The molecule has 5 nitrogen and oxygen atoms in total. The Balaban J connectivity index is 1.93. The van der Waals surface area contributed by atoms with Gasteiger partial charge in [-0.05, 0) is 19.3 Å². The van der Waals surface area contributed by atoms with Gasteiger partial charge >= 0.3 is 0 Å². The fourth-order valence-corrected chi connectivity index (χ4v) is 1.58. The fourth-order valence-electron chi connectivity index (χ4n) is 1.58. The third-order valence-electron chi connectivity index (χ3n) is 2.74. The maximum Gasteiger partial charge on any atom is 0.230 e. The maximum absolute atomic E-state index is 5.65. The standard InChI is InChI=1S/C9H13N5/c10-8-11-7(6-2-3-6)12-9(13-8)14-4-1-5-14/h6H,1-5H2,(H2,10,11,12,13). The van der Waals surface area contributed by atoms with E-state index >= 15 is 0 Å². The highest BCUT2D eigenvalue weighted by Gasteiger charge is 2.28. The number of nitrogens with two attached hydrogens (primary N) is 1. The number of hydrogen-bond acceptors (Lipinski definition) is 5. The van der Waals surface area contributed by atoms with E-state index in [4.69, 9.17) is 5.73 Å². The molecule has 5 heteroatoms. The van der Waals surface area contributed by atoms with E-state index < -0.39 is 0 Å². The fraction of sp³-hybridized carbons (Fsp3) is 0.667. The number of aromatic nitrogens is 3. The van der Waals surface area contributed by atoms with Crippen molar-refractivity contribution in [2.45, 2.75) is 25.2 Å². The molecule has 0 radical (unpaired) electrons. The molecular formula is C9H13N5. The molecule has 2 fully saturated rings. The van der Waals surface area contributed by atoms with Gasteiger partial charge in [0.1, 0.15) is 5.82 Å². The van der Waals surface area contributed by atoms with Crippen molar-refractivity contribution in [3.05, 3.63) is 5.82 Å². The lowest BCUT2D eigenvalue weighted by molar-refractivity contribution is 0.596. The molecule has 2 aliphatic rings. The number of nitrogens with zero attached hydrogens (tertiary/aromatic N) is 4. The first kappa shape index (κ1) is 7.96. The predicted molar refractivity (Wildman–Crippen MR) is 53.0 cm³/mol. The molecule has 0 aromatic carbocycles. The Labute approximate surface area is 82.4 Å². The van der Waals surface area contributed by atoms with Crippen molar-refractivity contribution in [1.82, 2.24) is 15.0 Å². The minimum absolute atomic E-state index is 0.365. The molecule has 3 rings (SSSR count). The molecule has 1 aliphatic carbocycles. The molecule has 0 bridgehead atoms. The molecule has 14 heavy (non-hydrogen) atoms. The van der Waals surface area contributed by atoms with Crippen LogP contribution in [0.25, 0.3) is 0 Å². The summed E-state index contributed by atoms with van der Waals surface area (Å²) in [6.07, 6.45) is 3.62. The van der Waals surface area contributed by atoms with Crippen LogP contribution in [0.1, 0.15) is 31.0 Å². The van der Waals surface area contributed by atoms with E-state index in [0.717, 1.165) is 24.9 Å². The zero-order chi connectivity index (χ0) is 9.54. The van der Waals surface area contributed by atoms with Gasteiger partial charge in [0.25, 0.3) is 0 Å². The summed E-state index contributed by atoms with van der Waals surface area (Å²) >= 11 is 0. The van der Waals surface area contributed by atoms with Crippen LogP contribution >= 0.6 is 0 Å². The normalized spacial score (nSPS) is 20.7. The number of nitrogen functional groups attached to an aromatic ring is 1. The van der Waals surface area contributed by atoms with Crippen molar-refractivity contribution in [2.75, 3.05) is 23.7 Å². The molecular weight excluding hydrogens is 178 g/mol. The molecule has 0 amide bonds. The summed E-state index contributed by atoms with van der Waals surface area (Å²) in [5.41, 5.74) is 5.65. The van der Waals surface area contributed by atoms with E-state index in [-0.39, 0.29) is 0 Å². The molecule has 1 aromatic rings. The number of anilines is 2. The minimum atomic E-state index is 0.365. The van der Waals surface area contributed by atoms with Gasteiger partial charge in [0, 0.05) is 19.0 Å². The summed E-state index contributed by atoms with van der Waals surface area (Å²) in [5.74, 6) is 2.56. The van der Waals surface area contributed by atoms with E-state index in [1.165, 1.54) is 19.3 Å². The minimum Gasteiger partial charge on any atom is -0.368 e. The van der Waals surface area contributed by atoms with E-state index in [1.54, 1.807) is 0 Å². The quantitative estimate of drug-likeness (QED) is 0.739. The summed E-state index contributed by atoms with van der Waals surface area (Å²) in [6, 6.07) is 0. The van der Waals surface area contributed by atoms with Crippen LogP contribution in [0.15, 0.2) is 0 Å². The van der Waals surface area contributed by atoms with Crippen LogP contribution in [0, 0.1) is 0 Å². The first-order valence-electron chi connectivity index (χ1n) is 5.09. The summed E-state index contributed by atoms with van der Waals surface area (Å²) in [7, 11) is 0. The van der Waals surface area contributed by atoms with Gasteiger partial charge in [0.15, 0.2) is 0 Å². The summed E-state index contributed by atoms with van der Waals surface area (Å²) < 4.78 is 0. The first-order chi connectivity index (χ1) is 6.83. The van der Waals surface area contributed by atoms with Gasteiger partial charge in [0.05, 0.1) is 0 Å². The van der Waals surface area contributed by atoms with Gasteiger partial charge in [-0.2, -0.15) is 15.0 Å². The Kier molecular flexibility index (Phi) is 1.59. The second-order valence-corrected chi connectivity index (χ2v) is 3.97. The Hall–Kier alpha value is -1.39. The van der Waals surface area contributed by atoms with E-state index in [9.17, 15) is 0 Å². The lowest BCUT2D eigenvalue weighted by Gasteiger charge is -2.30. The highest BCUT2D eigenvalue weighted by atomic mass is 15.3. The Morgan fingerprint density at radius 1 is 1.14 bits per heavy atom. The molecule has 0 spiro atoms. The average molecular weight is 191 g/mol. The zero-order valence-electron chi connectivity index (χ0n) is 7.98. The van der Waals surface area contributed by atoms with E-state index in [2.05, 4.69) is 19.9 Å². The third-order valence-corrected chi connectivity index (χ3v) is 2.74. The van der Waals surface area contributed by atoms with Crippen LogP contribution in [-0.2, 0) is 0 Å². The number of hydrogen-bond donors (Lipinski definition) is 1. The predicted octanol–water partition coefficient (Wildman–Crippen LogP) is 0.541. The van der Waals surface area contributed by atoms with Crippen molar-refractivity contribution in [2.24, 2.45) is 0 Å². The molecule has 0 unspecified atom stereocenters. The van der Waals surface area contributed by atoms with Gasteiger partial charge < -0.3 is 10.6 Å². The van der Waals surface area contributed by atoms with Crippen molar-refractivity contribution in [3.63, 3.8) is 0 Å². The maximum atomic E-state index is 5.65. The Bertz CT molecular complexity index is 356. The van der Waals surface area contributed by atoms with Gasteiger partial charge in [-0.25, -0.2) is 0 Å². The van der Waals surface area contributed by atoms with Gasteiger partial charge in [-0.3, -0.25) is 0 Å². The highest BCUT2D eigenvalue weighted by Crippen LogP contribution is 2.38. The van der Waals surface area contributed by atoms with Crippen LogP contribution in [0.4, 0.5) is 11.9 Å². The van der Waals surface area contributed by atoms with Crippen LogP contribution in [0.5, 0.6) is 0 Å². The van der Waals surface area contributed by atoms with Crippen LogP contribution in [-0.4, -0.2) is 28.0 Å². The monoisotopic (exact) mass is 191 g/mol. The molecule has 1 aliphatic heterocycles. The molecule has 2 N–H and O–H groups in total. The Morgan fingerprint density at radius 2 is 1.93 bits per heavy atom. The summed E-state index contributed by atoms with van der Waals surface area (Å²) in [6.45, 7) is 2.10. The lowest BCUT2D eigenvalue weighted by Crippen LogP contribution is -2.38. The van der Waals surface area contributed by atoms with Crippen LogP contribution in [0.2, 0.25) is 0 Å². The largest absolute Gasteiger partial charge is 0.368 e. The Morgan fingerprint density at radius 3 is 2.50 bits per heavy atom. The first-order valence-corrected chi connectivity index (χ1v) is 5.09. The zero-order valence-corrected chi connectivity index (χ0v) is 7.98. The van der Waals surface area contributed by atoms with Crippen molar-refractivity contribution >= 4 is 11.9 Å². The summed E-state index contributed by atoms with van der Waals surface area (Å²) in [5, 5.41) is 0. The van der Waals surface area contributed by atoms with Crippen molar-refractivity contribution < 1.29 is 0 Å². The average Bonchev–Trinajstić information content (AvgIpc) is 2.80. The molecule has 0 atom stereocenters. The second kappa shape index (κ2) is 2.80. The van der Waals surface area contributed by atoms with Gasteiger partial charge in [-0.1, -0.05) is 0 Å². The molecule has 1 saturated heterocycles. The van der Waals surface area contributed by atoms with Crippen LogP contribution in [0.3, 0.4) is 0 Å². The van der Waals surface area contributed by atoms with E-state index in [0.29, 0.717) is 11.9 Å². The smallest absolute Gasteiger partial charge is 0.230 e. The summed E-state index contributed by atoms with van der Waals surface area (Å²) in [4.78, 5) is 14.9. The van der Waals surface area contributed by atoms with Crippen molar-refractivity contribution in [3.8, 4) is 0 Å². The molecule has 1 saturated carbocycles. The number of rotatable bonds is 2. The third kappa shape index (κ3) is 1.29. The van der Waals surface area contributed by atoms with Crippen molar-refractivity contribution in [1.29, 1.82) is 0 Å². The molecule has 74 valence electrons. The van der Waals surface area contributed by atoms with Gasteiger partial charge in [-0.15, -0.1) is 0 Å². The SMILES string of the molecule is Nc1nc(C2CC2)nc(N2CCC2)n1. The lowest BCUT2D eigenvalue weighted by atomic mass is 10.2. The molecule has 1 aromatic heterocycles. The van der Waals surface area contributed by atoms with Crippen LogP contribution < -0.4 is 10.6 Å². The topological polar surface area (TPSA) is 67.9 Å². The second-order valence-electron chi connectivity index (χ2n) is 3.97. The van der Waals surface area contributed by atoms with E-state index in [1.807, 2.05) is 0 Å². The highest BCUT2D eigenvalue weighted by molar-refractivity contribution is 5.37. The molecule has 2 heterocycles.